The number of carbonyl (C=O) groups excluding carboxylic acids is 1. The first-order chi connectivity index (χ1) is 8.91. The Morgan fingerprint density at radius 3 is 2.37 bits per heavy atom. The van der Waals surface area contributed by atoms with E-state index in [0.29, 0.717) is 13.1 Å². The molecule has 1 amide bonds. The molecule has 0 saturated carbocycles. The minimum Gasteiger partial charge on any atom is -0.341 e. The van der Waals surface area contributed by atoms with Gasteiger partial charge in [-0.2, -0.15) is 13.2 Å². The molecule has 104 valence electrons. The van der Waals surface area contributed by atoms with Crippen LogP contribution in [-0.2, 0) is 11.0 Å². The highest BCUT2D eigenvalue weighted by molar-refractivity contribution is 5.83. The van der Waals surface area contributed by atoms with Gasteiger partial charge in [0.15, 0.2) is 0 Å². The molecule has 1 aliphatic rings. The van der Waals surface area contributed by atoms with E-state index in [0.717, 1.165) is 18.9 Å². The second kappa shape index (κ2) is 5.21. The molecule has 0 radical (unpaired) electrons. The van der Waals surface area contributed by atoms with Gasteiger partial charge in [-0.1, -0.05) is 18.2 Å². The topological polar surface area (TPSA) is 46.3 Å². The number of carbonyl (C=O) groups is 1. The molecule has 1 saturated heterocycles. The number of likely N-dealkylation sites (tertiary alicyclic amines) is 1. The fourth-order valence-electron chi connectivity index (χ4n) is 2.29. The number of alkyl halides is 3. The third-order valence-electron chi connectivity index (χ3n) is 3.29. The summed E-state index contributed by atoms with van der Waals surface area (Å²) in [6, 6.07) is 3.71. The number of rotatable bonds is 2. The van der Waals surface area contributed by atoms with Gasteiger partial charge >= 0.3 is 6.18 Å². The summed E-state index contributed by atoms with van der Waals surface area (Å²) in [7, 11) is 0. The van der Waals surface area contributed by atoms with Gasteiger partial charge in [0.1, 0.15) is 6.04 Å². The van der Waals surface area contributed by atoms with Gasteiger partial charge in [-0.15, -0.1) is 0 Å². The summed E-state index contributed by atoms with van der Waals surface area (Å²) in [6.07, 6.45) is -2.75. The Balaban J connectivity index is 2.28. The van der Waals surface area contributed by atoms with Crippen molar-refractivity contribution in [1.29, 1.82) is 0 Å². The van der Waals surface area contributed by atoms with Gasteiger partial charge < -0.3 is 10.6 Å². The standard InChI is InChI=1S/C13H15F3N2O/c14-13(15,16)10-6-2-1-5-9(10)11(17)12(19)18-7-3-4-8-18/h1-2,5-6,11H,3-4,7-8,17H2. The number of benzene rings is 1. The van der Waals surface area contributed by atoms with Crippen LogP contribution in [0.2, 0.25) is 0 Å². The smallest absolute Gasteiger partial charge is 0.341 e. The van der Waals surface area contributed by atoms with Gasteiger partial charge in [0.05, 0.1) is 5.56 Å². The lowest BCUT2D eigenvalue weighted by atomic mass is 9.99. The first-order valence-electron chi connectivity index (χ1n) is 6.12. The number of halogens is 3. The van der Waals surface area contributed by atoms with Crippen LogP contribution in [0.5, 0.6) is 0 Å². The van der Waals surface area contributed by atoms with Gasteiger partial charge in [-0.05, 0) is 24.5 Å². The number of hydrogen-bond acceptors (Lipinski definition) is 2. The zero-order valence-corrected chi connectivity index (χ0v) is 10.3. The fraction of sp³-hybridized carbons (Fsp3) is 0.462. The van der Waals surface area contributed by atoms with Crippen LogP contribution in [-0.4, -0.2) is 23.9 Å². The van der Waals surface area contributed by atoms with E-state index in [2.05, 4.69) is 0 Å². The third-order valence-corrected chi connectivity index (χ3v) is 3.29. The Kier molecular flexibility index (Phi) is 3.80. The van der Waals surface area contributed by atoms with E-state index in [-0.39, 0.29) is 5.56 Å². The molecule has 0 aliphatic carbocycles. The summed E-state index contributed by atoms with van der Waals surface area (Å²) in [5.41, 5.74) is 4.73. The number of amides is 1. The van der Waals surface area contributed by atoms with Gasteiger partial charge in [0.25, 0.3) is 0 Å². The van der Waals surface area contributed by atoms with Crippen LogP contribution in [0.4, 0.5) is 13.2 Å². The minimum absolute atomic E-state index is 0.160. The number of hydrogen-bond donors (Lipinski definition) is 1. The Hall–Kier alpha value is -1.56. The Bertz CT molecular complexity index is 467. The van der Waals surface area contributed by atoms with E-state index < -0.39 is 23.7 Å². The molecule has 1 fully saturated rings. The molecular formula is C13H15F3N2O. The molecule has 1 aliphatic heterocycles. The predicted octanol–water partition coefficient (Wildman–Crippen LogP) is 2.33. The van der Waals surface area contributed by atoms with Crippen molar-refractivity contribution in [1.82, 2.24) is 4.90 Å². The third kappa shape index (κ3) is 2.89. The van der Waals surface area contributed by atoms with E-state index in [4.69, 9.17) is 5.73 Å². The lowest BCUT2D eigenvalue weighted by molar-refractivity contribution is -0.139. The second-order valence-electron chi connectivity index (χ2n) is 4.60. The highest BCUT2D eigenvalue weighted by atomic mass is 19.4. The average molecular weight is 272 g/mol. The Morgan fingerprint density at radius 1 is 1.21 bits per heavy atom. The normalized spacial score (nSPS) is 17.6. The SMILES string of the molecule is NC(C(=O)N1CCCC1)c1ccccc1C(F)(F)F. The molecule has 3 nitrogen and oxygen atoms in total. The van der Waals surface area contributed by atoms with Crippen LogP contribution < -0.4 is 5.73 Å². The van der Waals surface area contributed by atoms with Crippen molar-refractivity contribution in [3.8, 4) is 0 Å². The van der Waals surface area contributed by atoms with E-state index in [1.807, 2.05) is 0 Å². The summed E-state index contributed by atoms with van der Waals surface area (Å²) in [4.78, 5) is 13.6. The van der Waals surface area contributed by atoms with Gasteiger partial charge in [0, 0.05) is 13.1 Å². The average Bonchev–Trinajstić information content (AvgIpc) is 2.90. The van der Waals surface area contributed by atoms with Crippen LogP contribution in [0, 0.1) is 0 Å². The van der Waals surface area contributed by atoms with Gasteiger partial charge in [0.2, 0.25) is 5.91 Å². The molecule has 1 unspecified atom stereocenters. The van der Waals surface area contributed by atoms with Crippen molar-refractivity contribution < 1.29 is 18.0 Å². The van der Waals surface area contributed by atoms with Crippen LogP contribution in [0.1, 0.15) is 30.0 Å². The Morgan fingerprint density at radius 2 is 1.79 bits per heavy atom. The van der Waals surface area contributed by atoms with Crippen molar-refractivity contribution in [2.24, 2.45) is 5.73 Å². The second-order valence-corrected chi connectivity index (χ2v) is 4.60. The van der Waals surface area contributed by atoms with Crippen LogP contribution in [0.3, 0.4) is 0 Å². The highest BCUT2D eigenvalue weighted by Crippen LogP contribution is 2.34. The van der Waals surface area contributed by atoms with Gasteiger partial charge in [-0.25, -0.2) is 0 Å². The maximum atomic E-state index is 12.9. The van der Waals surface area contributed by atoms with E-state index in [1.54, 1.807) is 0 Å². The molecule has 1 aromatic carbocycles. The lowest BCUT2D eigenvalue weighted by Crippen LogP contribution is -2.37. The first-order valence-corrected chi connectivity index (χ1v) is 6.12. The number of nitrogens with zero attached hydrogens (tertiary/aromatic N) is 1. The zero-order valence-electron chi connectivity index (χ0n) is 10.3. The maximum absolute atomic E-state index is 12.9. The maximum Gasteiger partial charge on any atom is 0.416 e. The molecule has 0 aromatic heterocycles. The summed E-state index contributed by atoms with van der Waals surface area (Å²) < 4.78 is 38.6. The number of nitrogens with two attached hydrogens (primary N) is 1. The van der Waals surface area contributed by atoms with Crippen molar-refractivity contribution in [2.45, 2.75) is 25.1 Å². The molecule has 1 atom stereocenters. The van der Waals surface area contributed by atoms with Crippen molar-refractivity contribution in [3.05, 3.63) is 35.4 Å². The molecule has 6 heteroatoms. The predicted molar refractivity (Wildman–Crippen MR) is 64.2 cm³/mol. The quantitative estimate of drug-likeness (QED) is 0.898. The van der Waals surface area contributed by atoms with Crippen molar-refractivity contribution >= 4 is 5.91 Å². The van der Waals surface area contributed by atoms with E-state index >= 15 is 0 Å². The van der Waals surface area contributed by atoms with Crippen LogP contribution in [0.25, 0.3) is 0 Å². The molecule has 0 spiro atoms. The molecule has 1 aromatic rings. The molecular weight excluding hydrogens is 257 g/mol. The summed E-state index contributed by atoms with van der Waals surface area (Å²) in [5, 5.41) is 0. The van der Waals surface area contributed by atoms with Crippen molar-refractivity contribution in [2.75, 3.05) is 13.1 Å². The molecule has 0 bridgehead atoms. The first kappa shape index (κ1) is 13.9. The van der Waals surface area contributed by atoms with Gasteiger partial charge in [-0.3, -0.25) is 4.79 Å². The molecule has 1 heterocycles. The van der Waals surface area contributed by atoms with Crippen LogP contribution in [0.15, 0.2) is 24.3 Å². The lowest BCUT2D eigenvalue weighted by Gasteiger charge is -2.22. The monoisotopic (exact) mass is 272 g/mol. The molecule has 19 heavy (non-hydrogen) atoms. The highest BCUT2D eigenvalue weighted by Gasteiger charge is 2.36. The van der Waals surface area contributed by atoms with E-state index in [9.17, 15) is 18.0 Å². The fourth-order valence-corrected chi connectivity index (χ4v) is 2.29. The molecule has 2 N–H and O–H groups in total. The summed E-state index contributed by atoms with van der Waals surface area (Å²) >= 11 is 0. The Labute approximate surface area is 109 Å². The van der Waals surface area contributed by atoms with Crippen LogP contribution >= 0.6 is 0 Å². The van der Waals surface area contributed by atoms with Crippen molar-refractivity contribution in [3.63, 3.8) is 0 Å². The largest absolute Gasteiger partial charge is 0.416 e. The van der Waals surface area contributed by atoms with E-state index in [1.165, 1.54) is 23.1 Å². The summed E-state index contributed by atoms with van der Waals surface area (Å²) in [6.45, 7) is 1.14. The molecule has 2 rings (SSSR count). The summed E-state index contributed by atoms with van der Waals surface area (Å²) in [5.74, 6) is -0.436. The minimum atomic E-state index is -4.50. The zero-order chi connectivity index (χ0) is 14.0.